The summed E-state index contributed by atoms with van der Waals surface area (Å²) in [5, 5.41) is 0. The van der Waals surface area contributed by atoms with Crippen molar-refractivity contribution in [2.24, 2.45) is 11.8 Å². The van der Waals surface area contributed by atoms with Crippen LogP contribution in [0.2, 0.25) is 0 Å². The maximum atomic E-state index is 5.82. The van der Waals surface area contributed by atoms with Crippen LogP contribution in [0, 0.1) is 11.8 Å². The summed E-state index contributed by atoms with van der Waals surface area (Å²) in [4.78, 5) is 0. The van der Waals surface area contributed by atoms with Crippen molar-refractivity contribution in [1.82, 2.24) is 0 Å². The van der Waals surface area contributed by atoms with Gasteiger partial charge < -0.3 is 14.2 Å². The summed E-state index contributed by atoms with van der Waals surface area (Å²) in [6, 6.07) is 0. The summed E-state index contributed by atoms with van der Waals surface area (Å²) < 4.78 is 16.6. The highest BCUT2D eigenvalue weighted by Crippen LogP contribution is 2.33. The van der Waals surface area contributed by atoms with E-state index in [0.717, 1.165) is 6.42 Å². The second-order valence-corrected chi connectivity index (χ2v) is 7.17. The maximum absolute atomic E-state index is 5.82. The summed E-state index contributed by atoms with van der Waals surface area (Å²) >= 11 is 0. The molecule has 0 aromatic carbocycles. The molecule has 2 unspecified atom stereocenters. The van der Waals surface area contributed by atoms with Gasteiger partial charge in [0.2, 0.25) is 0 Å². The summed E-state index contributed by atoms with van der Waals surface area (Å²) in [6.07, 6.45) is 10.9. The van der Waals surface area contributed by atoms with E-state index >= 15 is 0 Å². The summed E-state index contributed by atoms with van der Waals surface area (Å²) in [5.41, 5.74) is 0. The van der Waals surface area contributed by atoms with Gasteiger partial charge in [0.05, 0.1) is 12.2 Å². The maximum Gasteiger partial charge on any atom is 0.160 e. The highest BCUT2D eigenvalue weighted by atomic mass is 16.7. The van der Waals surface area contributed by atoms with Crippen molar-refractivity contribution < 1.29 is 14.2 Å². The van der Waals surface area contributed by atoms with Crippen LogP contribution in [0.3, 0.4) is 0 Å². The van der Waals surface area contributed by atoms with Crippen molar-refractivity contribution in [3.63, 3.8) is 0 Å². The van der Waals surface area contributed by atoms with Crippen molar-refractivity contribution in [2.45, 2.75) is 118 Å². The van der Waals surface area contributed by atoms with Gasteiger partial charge in [0.25, 0.3) is 0 Å². The van der Waals surface area contributed by atoms with Gasteiger partial charge in [0.1, 0.15) is 0 Å². The Morgan fingerprint density at radius 1 is 0.680 bits per heavy atom. The molecule has 1 aliphatic rings. The van der Waals surface area contributed by atoms with Gasteiger partial charge in [-0.1, -0.05) is 93.4 Å². The van der Waals surface area contributed by atoms with Gasteiger partial charge in [-0.3, -0.25) is 0 Å². The number of hydrogen-bond donors (Lipinski definition) is 0. The van der Waals surface area contributed by atoms with Gasteiger partial charge >= 0.3 is 0 Å². The molecular weight excluding hydrogens is 312 g/mol. The Balaban J connectivity index is 0. The molecule has 1 fully saturated rings. The van der Waals surface area contributed by atoms with Crippen molar-refractivity contribution in [1.29, 1.82) is 0 Å². The van der Waals surface area contributed by atoms with E-state index in [9.17, 15) is 0 Å². The Morgan fingerprint density at radius 3 is 1.52 bits per heavy atom. The number of hydrogen-bond acceptors (Lipinski definition) is 3. The molecule has 1 aliphatic heterocycles. The lowest BCUT2D eigenvalue weighted by Gasteiger charge is -2.43. The van der Waals surface area contributed by atoms with Crippen LogP contribution in [0.1, 0.15) is 99.8 Å². The van der Waals surface area contributed by atoms with E-state index in [4.69, 9.17) is 14.2 Å². The minimum absolute atomic E-state index is 0.0821. The van der Waals surface area contributed by atoms with Crippen LogP contribution < -0.4 is 0 Å². The smallest absolute Gasteiger partial charge is 0.160 e. The Labute approximate surface area is 159 Å². The Bertz CT molecular complexity index is 250. The number of methoxy groups -OCH3 is 2. The molecule has 0 bridgehead atoms. The molecule has 25 heavy (non-hydrogen) atoms. The minimum atomic E-state index is -0.0821. The lowest BCUT2D eigenvalue weighted by atomic mass is 9.84. The zero-order valence-corrected chi connectivity index (χ0v) is 18.8. The number of unbranched alkanes of at least 4 members (excludes halogenated alkanes) is 5. The van der Waals surface area contributed by atoms with Gasteiger partial charge in [0, 0.05) is 20.1 Å². The molecule has 3 heteroatoms. The van der Waals surface area contributed by atoms with Gasteiger partial charge in [-0.05, 0) is 12.3 Å². The summed E-state index contributed by atoms with van der Waals surface area (Å²) in [7, 11) is 3.46. The van der Waals surface area contributed by atoms with Gasteiger partial charge in [-0.2, -0.15) is 0 Å². The summed E-state index contributed by atoms with van der Waals surface area (Å²) in [6.45, 7) is 15.3. The second-order valence-electron chi connectivity index (χ2n) is 7.17. The Hall–Kier alpha value is -0.120. The molecule has 0 aliphatic carbocycles. The van der Waals surface area contributed by atoms with E-state index in [2.05, 4.69) is 48.5 Å². The summed E-state index contributed by atoms with van der Waals surface area (Å²) in [5.74, 6) is 0.858. The molecule has 0 amide bonds. The predicted molar refractivity (Wildman–Crippen MR) is 110 cm³/mol. The molecule has 154 valence electrons. The first kappa shape index (κ1) is 27.1. The molecular formula is C22H48O3. The Kier molecular flexibility index (Phi) is 20.2. The minimum Gasteiger partial charge on any atom is -0.378 e. The first-order chi connectivity index (χ1) is 12.0. The van der Waals surface area contributed by atoms with E-state index in [1.807, 2.05) is 0 Å². The zero-order valence-electron chi connectivity index (χ0n) is 18.8. The fourth-order valence-corrected chi connectivity index (χ4v) is 2.90. The largest absolute Gasteiger partial charge is 0.378 e. The average Bonchev–Trinajstić information content (AvgIpc) is 2.64. The highest BCUT2D eigenvalue weighted by Gasteiger charge is 2.40. The topological polar surface area (TPSA) is 27.7 Å². The molecule has 0 radical (unpaired) electrons. The van der Waals surface area contributed by atoms with Gasteiger partial charge in [-0.25, -0.2) is 0 Å². The molecule has 5 atom stereocenters. The van der Waals surface area contributed by atoms with Crippen LogP contribution in [0.15, 0.2) is 0 Å². The van der Waals surface area contributed by atoms with Crippen LogP contribution in [-0.2, 0) is 14.2 Å². The Morgan fingerprint density at radius 2 is 1.20 bits per heavy atom. The zero-order chi connectivity index (χ0) is 19.7. The quantitative estimate of drug-likeness (QED) is 0.444. The van der Waals surface area contributed by atoms with Crippen molar-refractivity contribution in [3.05, 3.63) is 0 Å². The van der Waals surface area contributed by atoms with Crippen LogP contribution >= 0.6 is 0 Å². The van der Waals surface area contributed by atoms with E-state index in [-0.39, 0.29) is 18.5 Å². The fourth-order valence-electron chi connectivity index (χ4n) is 2.90. The monoisotopic (exact) mass is 360 g/mol. The second kappa shape index (κ2) is 18.7. The highest BCUT2D eigenvalue weighted by molar-refractivity contribution is 4.85. The molecule has 0 N–H and O–H groups in total. The predicted octanol–water partition coefficient (Wildman–Crippen LogP) is 6.84. The van der Waals surface area contributed by atoms with E-state index in [1.54, 1.807) is 14.2 Å². The third kappa shape index (κ3) is 12.0. The average molecular weight is 361 g/mol. The third-order valence-electron chi connectivity index (χ3n) is 5.07. The number of rotatable bonds is 8. The number of ether oxygens (including phenoxy) is 3. The molecule has 0 spiro atoms. The van der Waals surface area contributed by atoms with Gasteiger partial charge in [-0.15, -0.1) is 0 Å². The van der Waals surface area contributed by atoms with E-state index in [0.29, 0.717) is 11.8 Å². The lowest BCUT2D eigenvalue weighted by molar-refractivity contribution is -0.258. The van der Waals surface area contributed by atoms with Crippen molar-refractivity contribution in [3.8, 4) is 0 Å². The lowest BCUT2D eigenvalue weighted by Crippen LogP contribution is -2.50. The molecule has 0 saturated carbocycles. The molecule has 1 saturated heterocycles. The molecule has 0 aromatic rings. The first-order valence-corrected chi connectivity index (χ1v) is 10.7. The third-order valence-corrected chi connectivity index (χ3v) is 5.07. The van der Waals surface area contributed by atoms with Crippen LogP contribution in [0.4, 0.5) is 0 Å². The SMILES string of the molecule is CCC1O[C@H](OC)C(C)[C@@H](C)[C@@H]1OC.CCCC.CCCCCCC. The van der Waals surface area contributed by atoms with Crippen molar-refractivity contribution in [2.75, 3.05) is 14.2 Å². The van der Waals surface area contributed by atoms with Crippen LogP contribution in [0.25, 0.3) is 0 Å². The normalized spacial score (nSPS) is 28.4. The fraction of sp³-hybridized carbons (Fsp3) is 1.00. The van der Waals surface area contributed by atoms with Crippen LogP contribution in [-0.4, -0.2) is 32.7 Å². The molecule has 1 rings (SSSR count). The van der Waals surface area contributed by atoms with Crippen molar-refractivity contribution >= 4 is 0 Å². The van der Waals surface area contributed by atoms with E-state index < -0.39 is 0 Å². The molecule has 3 nitrogen and oxygen atoms in total. The molecule has 0 aromatic heterocycles. The van der Waals surface area contributed by atoms with E-state index in [1.165, 1.54) is 44.9 Å². The van der Waals surface area contributed by atoms with Gasteiger partial charge in [0.15, 0.2) is 6.29 Å². The first-order valence-electron chi connectivity index (χ1n) is 10.7. The molecule has 1 heterocycles. The van der Waals surface area contributed by atoms with Crippen LogP contribution in [0.5, 0.6) is 0 Å². The standard InChI is InChI=1S/C11H22O3.C7H16.C4H10/c1-6-9-10(12-4)7(2)8(3)11(13-5)14-9;1-3-5-7-6-4-2;1-3-4-2/h7-11H,6H2,1-5H3;3-7H2,1-2H3;3-4H2,1-2H3/t7-,8?,9?,10+,11+;;/m1../s1.